The number of pyridine rings is 1. The van der Waals surface area contributed by atoms with Gasteiger partial charge < -0.3 is 0 Å². The van der Waals surface area contributed by atoms with E-state index in [9.17, 15) is 4.79 Å². The van der Waals surface area contributed by atoms with Crippen LogP contribution < -0.4 is 0 Å². The van der Waals surface area contributed by atoms with Crippen molar-refractivity contribution in [3.63, 3.8) is 0 Å². The number of nitrogens with zero attached hydrogens (tertiary/aromatic N) is 1. The van der Waals surface area contributed by atoms with E-state index in [1.54, 1.807) is 12.3 Å². The maximum absolute atomic E-state index is 11.5. The maximum atomic E-state index is 11.5. The Kier molecular flexibility index (Phi) is 2.08. The summed E-state index contributed by atoms with van der Waals surface area (Å²) in [4.78, 5) is 15.7. The van der Waals surface area contributed by atoms with Crippen LogP contribution in [0.25, 0.3) is 0 Å². The van der Waals surface area contributed by atoms with Crippen LogP contribution in [0.2, 0.25) is 5.02 Å². The van der Waals surface area contributed by atoms with Gasteiger partial charge in [0.1, 0.15) is 0 Å². The lowest BCUT2D eigenvalue weighted by molar-refractivity contribution is 0.0952. The molecule has 0 saturated carbocycles. The number of ketones is 1. The second-order valence-electron chi connectivity index (χ2n) is 3.58. The Morgan fingerprint density at radius 2 is 2.31 bits per heavy atom. The number of aromatic nitrogens is 1. The largest absolute Gasteiger partial charge is 0.294 e. The third-order valence-electron chi connectivity index (χ3n) is 2.31. The Morgan fingerprint density at radius 1 is 1.54 bits per heavy atom. The van der Waals surface area contributed by atoms with Gasteiger partial charge in [-0.3, -0.25) is 9.78 Å². The fourth-order valence-corrected chi connectivity index (χ4v) is 1.86. The number of hydrogen-bond acceptors (Lipinski definition) is 2. The van der Waals surface area contributed by atoms with Crippen LogP contribution in [-0.4, -0.2) is 10.8 Å². The first-order valence-electron chi connectivity index (χ1n) is 4.34. The van der Waals surface area contributed by atoms with Crippen LogP contribution in [0.5, 0.6) is 0 Å². The summed E-state index contributed by atoms with van der Waals surface area (Å²) in [6.07, 6.45) is 3.11. The third kappa shape index (κ3) is 1.59. The van der Waals surface area contributed by atoms with Gasteiger partial charge in [-0.1, -0.05) is 18.5 Å². The number of carbonyl (C=O) groups excluding carboxylic acids is 1. The molecule has 68 valence electrons. The molecule has 0 amide bonds. The van der Waals surface area contributed by atoms with E-state index in [1.165, 1.54) is 0 Å². The molecular formula is C10H10ClNO. The summed E-state index contributed by atoms with van der Waals surface area (Å²) in [5.74, 6) is 0.581. The van der Waals surface area contributed by atoms with Gasteiger partial charge in [-0.25, -0.2) is 0 Å². The molecule has 0 spiro atoms. The summed E-state index contributed by atoms with van der Waals surface area (Å²) in [6.45, 7) is 2.07. The zero-order chi connectivity index (χ0) is 9.42. The molecule has 1 aliphatic carbocycles. The van der Waals surface area contributed by atoms with Gasteiger partial charge in [0.2, 0.25) is 0 Å². The third-order valence-corrected chi connectivity index (χ3v) is 2.52. The second-order valence-corrected chi connectivity index (χ2v) is 4.02. The van der Waals surface area contributed by atoms with Gasteiger partial charge in [0, 0.05) is 18.2 Å². The summed E-state index contributed by atoms with van der Waals surface area (Å²) in [5, 5.41) is 0.543. The molecular weight excluding hydrogens is 186 g/mol. The van der Waals surface area contributed by atoms with Crippen molar-refractivity contribution in [3.05, 3.63) is 28.5 Å². The van der Waals surface area contributed by atoms with Crippen LogP contribution in [-0.2, 0) is 6.42 Å². The summed E-state index contributed by atoms with van der Waals surface area (Å²) in [6, 6.07) is 1.72. The first-order valence-corrected chi connectivity index (χ1v) is 4.72. The van der Waals surface area contributed by atoms with Crippen LogP contribution in [0.15, 0.2) is 12.3 Å². The summed E-state index contributed by atoms with van der Waals surface area (Å²) >= 11 is 5.76. The number of Topliss-reactive ketones (excluding diaryl/α,β-unsaturated/α-hetero) is 1. The lowest BCUT2D eigenvalue weighted by Crippen LogP contribution is -2.19. The molecule has 0 radical (unpaired) electrons. The van der Waals surface area contributed by atoms with E-state index < -0.39 is 0 Å². The first kappa shape index (κ1) is 8.70. The average molecular weight is 196 g/mol. The van der Waals surface area contributed by atoms with E-state index in [0.717, 1.165) is 12.1 Å². The topological polar surface area (TPSA) is 30.0 Å². The molecule has 0 aromatic carbocycles. The van der Waals surface area contributed by atoms with E-state index in [4.69, 9.17) is 11.6 Å². The van der Waals surface area contributed by atoms with Gasteiger partial charge >= 0.3 is 0 Å². The molecule has 1 aromatic heterocycles. The van der Waals surface area contributed by atoms with Crippen molar-refractivity contribution in [1.29, 1.82) is 0 Å². The molecule has 1 heterocycles. The Labute approximate surface area is 81.9 Å². The highest BCUT2D eigenvalue weighted by molar-refractivity contribution is 6.30. The molecule has 0 aliphatic heterocycles. The van der Waals surface area contributed by atoms with Gasteiger partial charge in [0.05, 0.1) is 10.7 Å². The van der Waals surface area contributed by atoms with Gasteiger partial charge in [0.25, 0.3) is 0 Å². The normalized spacial score (nSPS) is 21.4. The van der Waals surface area contributed by atoms with Crippen molar-refractivity contribution in [3.8, 4) is 0 Å². The van der Waals surface area contributed by atoms with Gasteiger partial charge in [0.15, 0.2) is 5.78 Å². The molecule has 1 unspecified atom stereocenters. The minimum atomic E-state index is 0.170. The van der Waals surface area contributed by atoms with Gasteiger partial charge in [-0.15, -0.1) is 0 Å². The predicted octanol–water partition coefficient (Wildman–Crippen LogP) is 2.50. The van der Waals surface area contributed by atoms with E-state index in [0.29, 0.717) is 22.9 Å². The minimum absolute atomic E-state index is 0.170. The Morgan fingerprint density at radius 3 is 3.08 bits per heavy atom. The van der Waals surface area contributed by atoms with Crippen molar-refractivity contribution in [2.24, 2.45) is 5.92 Å². The summed E-state index contributed by atoms with van der Waals surface area (Å²) in [5.41, 5.74) is 1.61. The molecule has 1 aliphatic rings. The van der Waals surface area contributed by atoms with Crippen LogP contribution in [0.3, 0.4) is 0 Å². The number of halogens is 1. The average Bonchev–Trinajstić information content (AvgIpc) is 2.06. The van der Waals surface area contributed by atoms with Crippen molar-refractivity contribution in [2.45, 2.75) is 19.8 Å². The fraction of sp³-hybridized carbons (Fsp3) is 0.400. The lowest BCUT2D eigenvalue weighted by Gasteiger charge is -2.18. The van der Waals surface area contributed by atoms with Crippen LogP contribution in [0, 0.1) is 5.92 Å². The van der Waals surface area contributed by atoms with Crippen LogP contribution in [0.1, 0.15) is 29.4 Å². The monoisotopic (exact) mass is 195 g/mol. The van der Waals surface area contributed by atoms with E-state index in [2.05, 4.69) is 11.9 Å². The smallest absolute Gasteiger partial charge is 0.165 e. The molecule has 3 heteroatoms. The minimum Gasteiger partial charge on any atom is -0.294 e. The SMILES string of the molecule is CC1CC(=O)c2cc(Cl)cnc2C1. The van der Waals surface area contributed by atoms with Crippen molar-refractivity contribution < 1.29 is 4.79 Å². The molecule has 2 nitrogen and oxygen atoms in total. The number of rotatable bonds is 0. The molecule has 1 aromatic rings. The number of carbonyl (C=O) groups is 1. The standard InChI is InChI=1S/C10H10ClNO/c1-6-2-9-8(10(13)3-6)4-7(11)5-12-9/h4-6H,2-3H2,1H3. The molecule has 0 bridgehead atoms. The Bertz CT molecular complexity index is 362. The number of fused-ring (bicyclic) bond motifs is 1. The van der Waals surface area contributed by atoms with Gasteiger partial charge in [-0.2, -0.15) is 0 Å². The fourth-order valence-electron chi connectivity index (χ4n) is 1.70. The predicted molar refractivity (Wildman–Crippen MR) is 51.1 cm³/mol. The summed E-state index contributed by atoms with van der Waals surface area (Å²) < 4.78 is 0. The first-order chi connectivity index (χ1) is 6.16. The van der Waals surface area contributed by atoms with E-state index >= 15 is 0 Å². The Hall–Kier alpha value is -0.890. The molecule has 2 rings (SSSR count). The highest BCUT2D eigenvalue weighted by Crippen LogP contribution is 2.25. The summed E-state index contributed by atoms with van der Waals surface area (Å²) in [7, 11) is 0. The van der Waals surface area contributed by atoms with Crippen molar-refractivity contribution in [2.75, 3.05) is 0 Å². The zero-order valence-electron chi connectivity index (χ0n) is 7.38. The van der Waals surface area contributed by atoms with Crippen molar-refractivity contribution >= 4 is 17.4 Å². The van der Waals surface area contributed by atoms with Crippen LogP contribution >= 0.6 is 11.6 Å². The quantitative estimate of drug-likeness (QED) is 0.637. The van der Waals surface area contributed by atoms with Crippen molar-refractivity contribution in [1.82, 2.24) is 4.98 Å². The molecule has 13 heavy (non-hydrogen) atoms. The van der Waals surface area contributed by atoms with Crippen LogP contribution in [0.4, 0.5) is 0 Å². The molecule has 1 atom stereocenters. The highest BCUT2D eigenvalue weighted by Gasteiger charge is 2.23. The highest BCUT2D eigenvalue weighted by atomic mass is 35.5. The van der Waals surface area contributed by atoms with E-state index in [1.807, 2.05) is 0 Å². The molecule has 0 fully saturated rings. The molecule has 0 saturated heterocycles. The second kappa shape index (κ2) is 3.11. The lowest BCUT2D eigenvalue weighted by atomic mass is 9.87. The van der Waals surface area contributed by atoms with Gasteiger partial charge in [-0.05, 0) is 18.4 Å². The molecule has 0 N–H and O–H groups in total. The van der Waals surface area contributed by atoms with E-state index in [-0.39, 0.29) is 5.78 Å². The zero-order valence-corrected chi connectivity index (χ0v) is 8.14. The number of hydrogen-bond donors (Lipinski definition) is 0. The maximum Gasteiger partial charge on any atom is 0.165 e. The Balaban J connectivity index is 2.49.